The van der Waals surface area contributed by atoms with Gasteiger partial charge in [-0.3, -0.25) is 0 Å². The predicted molar refractivity (Wildman–Crippen MR) is 91.4 cm³/mol. The number of hydrogen-bond acceptors (Lipinski definition) is 6. The standard InChI is InChI=1S/C17H29N5O/c23-10-9-21-7-3-15(4-8-21)11-18-12-16-13-19-17(20-14-16)22-5-1-2-6-22/h13-15,18,23H,1-12H2. The minimum atomic E-state index is 0.274. The van der Waals surface area contributed by atoms with Crippen LogP contribution in [0.2, 0.25) is 0 Å². The van der Waals surface area contributed by atoms with E-state index < -0.39 is 0 Å². The first-order valence-electron chi connectivity index (χ1n) is 8.95. The first kappa shape index (κ1) is 16.6. The summed E-state index contributed by atoms with van der Waals surface area (Å²) in [4.78, 5) is 13.6. The number of rotatable bonds is 7. The van der Waals surface area contributed by atoms with Gasteiger partial charge < -0.3 is 20.2 Å². The molecule has 2 aliphatic rings. The van der Waals surface area contributed by atoms with Gasteiger partial charge in [-0.25, -0.2) is 9.97 Å². The Hall–Kier alpha value is -1.24. The quantitative estimate of drug-likeness (QED) is 0.777. The average Bonchev–Trinajstić information content (AvgIpc) is 3.12. The number of nitrogens with zero attached hydrogens (tertiary/aromatic N) is 4. The van der Waals surface area contributed by atoms with Crippen molar-refractivity contribution in [3.8, 4) is 0 Å². The van der Waals surface area contributed by atoms with Crippen LogP contribution in [-0.4, -0.2) is 65.8 Å². The summed E-state index contributed by atoms with van der Waals surface area (Å²) in [6, 6.07) is 0. The highest BCUT2D eigenvalue weighted by molar-refractivity contribution is 5.30. The number of aliphatic hydroxyl groups excluding tert-OH is 1. The fourth-order valence-corrected chi connectivity index (χ4v) is 3.50. The van der Waals surface area contributed by atoms with E-state index in [-0.39, 0.29) is 6.61 Å². The fraction of sp³-hybridized carbons (Fsp3) is 0.765. The minimum Gasteiger partial charge on any atom is -0.395 e. The zero-order chi connectivity index (χ0) is 15.9. The van der Waals surface area contributed by atoms with E-state index in [2.05, 4.69) is 25.1 Å². The lowest BCUT2D eigenvalue weighted by atomic mass is 9.97. The van der Waals surface area contributed by atoms with E-state index in [1.807, 2.05) is 12.4 Å². The van der Waals surface area contributed by atoms with E-state index in [1.54, 1.807) is 0 Å². The van der Waals surface area contributed by atoms with Crippen LogP contribution in [0.25, 0.3) is 0 Å². The highest BCUT2D eigenvalue weighted by Crippen LogP contribution is 2.17. The summed E-state index contributed by atoms with van der Waals surface area (Å²) in [6.07, 6.45) is 8.86. The maximum Gasteiger partial charge on any atom is 0.225 e. The van der Waals surface area contributed by atoms with Gasteiger partial charge in [0, 0.05) is 44.1 Å². The molecule has 2 saturated heterocycles. The van der Waals surface area contributed by atoms with Crippen LogP contribution in [-0.2, 0) is 6.54 Å². The summed E-state index contributed by atoms with van der Waals surface area (Å²) in [7, 11) is 0. The number of hydrogen-bond donors (Lipinski definition) is 2. The first-order chi connectivity index (χ1) is 11.3. The van der Waals surface area contributed by atoms with Crippen molar-refractivity contribution in [3.63, 3.8) is 0 Å². The number of likely N-dealkylation sites (tertiary alicyclic amines) is 1. The van der Waals surface area contributed by atoms with Crippen molar-refractivity contribution in [2.45, 2.75) is 32.2 Å². The van der Waals surface area contributed by atoms with Gasteiger partial charge in [-0.05, 0) is 51.2 Å². The van der Waals surface area contributed by atoms with Crippen molar-refractivity contribution in [2.24, 2.45) is 5.92 Å². The molecule has 128 valence electrons. The van der Waals surface area contributed by atoms with E-state index in [0.29, 0.717) is 0 Å². The van der Waals surface area contributed by atoms with Crippen LogP contribution in [0.5, 0.6) is 0 Å². The molecule has 6 heteroatoms. The lowest BCUT2D eigenvalue weighted by Crippen LogP contribution is -2.38. The summed E-state index contributed by atoms with van der Waals surface area (Å²) in [5.74, 6) is 1.62. The van der Waals surface area contributed by atoms with Crippen molar-refractivity contribution in [1.82, 2.24) is 20.2 Å². The summed E-state index contributed by atoms with van der Waals surface area (Å²) < 4.78 is 0. The highest BCUT2D eigenvalue weighted by atomic mass is 16.3. The molecule has 0 saturated carbocycles. The van der Waals surface area contributed by atoms with E-state index in [9.17, 15) is 0 Å². The number of piperidine rings is 1. The smallest absolute Gasteiger partial charge is 0.225 e. The van der Waals surface area contributed by atoms with Crippen LogP contribution >= 0.6 is 0 Å². The molecule has 0 amide bonds. The third-order valence-corrected chi connectivity index (χ3v) is 4.97. The second-order valence-electron chi connectivity index (χ2n) is 6.72. The van der Waals surface area contributed by atoms with Crippen LogP contribution in [0, 0.1) is 5.92 Å². The molecule has 2 aliphatic heterocycles. The largest absolute Gasteiger partial charge is 0.395 e. The molecule has 23 heavy (non-hydrogen) atoms. The van der Waals surface area contributed by atoms with Gasteiger partial charge in [0.25, 0.3) is 0 Å². The molecule has 0 atom stereocenters. The minimum absolute atomic E-state index is 0.274. The maximum atomic E-state index is 8.97. The lowest BCUT2D eigenvalue weighted by molar-refractivity contribution is 0.146. The Morgan fingerprint density at radius 2 is 1.78 bits per heavy atom. The Kier molecular flexibility index (Phi) is 6.19. The van der Waals surface area contributed by atoms with Gasteiger partial charge in [0.1, 0.15) is 0 Å². The van der Waals surface area contributed by atoms with Gasteiger partial charge in [0.2, 0.25) is 5.95 Å². The van der Waals surface area contributed by atoms with Gasteiger partial charge in [-0.2, -0.15) is 0 Å². The van der Waals surface area contributed by atoms with Crippen molar-refractivity contribution in [2.75, 3.05) is 50.8 Å². The Morgan fingerprint density at radius 3 is 2.43 bits per heavy atom. The number of nitrogens with one attached hydrogen (secondary N) is 1. The molecule has 2 fully saturated rings. The number of β-amino-alcohol motifs (C(OH)–C–C–N with tert-alkyl or cyclic N) is 1. The molecule has 0 aromatic carbocycles. The Morgan fingerprint density at radius 1 is 1.09 bits per heavy atom. The molecule has 1 aromatic rings. The van der Waals surface area contributed by atoms with E-state index in [1.165, 1.54) is 25.7 Å². The van der Waals surface area contributed by atoms with Crippen molar-refractivity contribution < 1.29 is 5.11 Å². The molecule has 0 bridgehead atoms. The molecular formula is C17H29N5O. The summed E-state index contributed by atoms with van der Waals surface area (Å²) >= 11 is 0. The van der Waals surface area contributed by atoms with Crippen LogP contribution in [0.1, 0.15) is 31.2 Å². The third kappa shape index (κ3) is 4.86. The summed E-state index contributed by atoms with van der Waals surface area (Å²) in [6.45, 7) is 7.40. The number of anilines is 1. The molecule has 0 radical (unpaired) electrons. The van der Waals surface area contributed by atoms with E-state index in [0.717, 1.165) is 63.2 Å². The van der Waals surface area contributed by atoms with Crippen molar-refractivity contribution >= 4 is 5.95 Å². The molecular weight excluding hydrogens is 290 g/mol. The molecule has 0 spiro atoms. The van der Waals surface area contributed by atoms with Crippen LogP contribution in [0.4, 0.5) is 5.95 Å². The molecule has 3 rings (SSSR count). The van der Waals surface area contributed by atoms with Gasteiger partial charge >= 0.3 is 0 Å². The third-order valence-electron chi connectivity index (χ3n) is 4.97. The van der Waals surface area contributed by atoms with Crippen LogP contribution in [0.15, 0.2) is 12.4 Å². The fourth-order valence-electron chi connectivity index (χ4n) is 3.50. The normalized spacial score (nSPS) is 20.3. The van der Waals surface area contributed by atoms with Gasteiger partial charge in [-0.15, -0.1) is 0 Å². The Balaban J connectivity index is 1.36. The van der Waals surface area contributed by atoms with Gasteiger partial charge in [-0.1, -0.05) is 0 Å². The summed E-state index contributed by atoms with van der Waals surface area (Å²) in [5, 5.41) is 12.5. The molecule has 1 aromatic heterocycles. The van der Waals surface area contributed by atoms with Crippen molar-refractivity contribution in [1.29, 1.82) is 0 Å². The molecule has 2 N–H and O–H groups in total. The van der Waals surface area contributed by atoms with Crippen molar-refractivity contribution in [3.05, 3.63) is 18.0 Å². The second-order valence-corrected chi connectivity index (χ2v) is 6.72. The maximum absolute atomic E-state index is 8.97. The Bertz CT molecular complexity index is 453. The monoisotopic (exact) mass is 319 g/mol. The summed E-state index contributed by atoms with van der Waals surface area (Å²) in [5.41, 5.74) is 1.16. The zero-order valence-electron chi connectivity index (χ0n) is 14.0. The highest BCUT2D eigenvalue weighted by Gasteiger charge is 2.18. The van der Waals surface area contributed by atoms with Gasteiger partial charge in [0.05, 0.1) is 6.61 Å². The van der Waals surface area contributed by atoms with E-state index in [4.69, 9.17) is 5.11 Å². The Labute approximate surface area is 138 Å². The number of aliphatic hydroxyl groups is 1. The predicted octanol–water partition coefficient (Wildman–Crippen LogP) is 0.871. The lowest BCUT2D eigenvalue weighted by Gasteiger charge is -2.31. The van der Waals surface area contributed by atoms with Crippen LogP contribution in [0.3, 0.4) is 0 Å². The van der Waals surface area contributed by atoms with Gasteiger partial charge in [0.15, 0.2) is 0 Å². The molecule has 3 heterocycles. The topological polar surface area (TPSA) is 64.5 Å². The SMILES string of the molecule is OCCN1CCC(CNCc2cnc(N3CCCC3)nc2)CC1. The molecule has 0 unspecified atom stereocenters. The molecule has 6 nitrogen and oxygen atoms in total. The second kappa shape index (κ2) is 8.57. The first-order valence-corrected chi connectivity index (χ1v) is 8.95. The number of aromatic nitrogens is 2. The average molecular weight is 319 g/mol. The zero-order valence-corrected chi connectivity index (χ0v) is 14.0. The molecule has 0 aliphatic carbocycles. The van der Waals surface area contributed by atoms with Crippen LogP contribution < -0.4 is 10.2 Å². The van der Waals surface area contributed by atoms with E-state index >= 15 is 0 Å².